The number of carbonyl (C=O) groups is 4. The monoisotopic (exact) mass is 406 g/mol. The van der Waals surface area contributed by atoms with Crippen LogP contribution in [0.3, 0.4) is 0 Å². The lowest BCUT2D eigenvalue weighted by molar-refractivity contribution is -0.134. The summed E-state index contributed by atoms with van der Waals surface area (Å²) in [6.45, 7) is -0.382. The summed E-state index contributed by atoms with van der Waals surface area (Å²) < 4.78 is 0. The third-order valence-electron chi connectivity index (χ3n) is 5.55. The maximum atomic E-state index is 13.1. The van der Waals surface area contributed by atoms with Crippen molar-refractivity contribution in [2.24, 2.45) is 0 Å². The highest BCUT2D eigenvalue weighted by Crippen LogP contribution is 2.41. The van der Waals surface area contributed by atoms with Gasteiger partial charge in [0, 0.05) is 25.3 Å². The van der Waals surface area contributed by atoms with Gasteiger partial charge in [0.1, 0.15) is 12.1 Å². The highest BCUT2D eigenvalue weighted by molar-refractivity contribution is 6.11. The van der Waals surface area contributed by atoms with Gasteiger partial charge >= 0.3 is 6.03 Å². The van der Waals surface area contributed by atoms with E-state index >= 15 is 0 Å². The summed E-state index contributed by atoms with van der Waals surface area (Å²) in [5.74, 6) is -1.04. The molecule has 5 amide bonds. The van der Waals surface area contributed by atoms with Crippen molar-refractivity contribution in [3.05, 3.63) is 65.2 Å². The summed E-state index contributed by atoms with van der Waals surface area (Å²) >= 11 is 0. The Hall–Kier alpha value is -3.68. The Morgan fingerprint density at radius 1 is 1.10 bits per heavy atom. The molecule has 0 unspecified atom stereocenters. The molecule has 0 radical (unpaired) electrons. The topological polar surface area (TPSA) is 98.8 Å². The van der Waals surface area contributed by atoms with Gasteiger partial charge in [0.05, 0.1) is 0 Å². The summed E-state index contributed by atoms with van der Waals surface area (Å²) in [6, 6.07) is 13.4. The molecule has 1 aliphatic heterocycles. The quantitative estimate of drug-likeness (QED) is 0.756. The SMILES string of the molecule is CN(C)C(=O)c1ccc(NC(=O)CN2C(=O)N[C@@]3(CCc4ccccc43)C2=O)cc1. The molecule has 0 aromatic heterocycles. The molecule has 0 saturated carbocycles. The summed E-state index contributed by atoms with van der Waals surface area (Å²) in [5, 5.41) is 5.47. The van der Waals surface area contributed by atoms with Gasteiger partial charge in [-0.1, -0.05) is 24.3 Å². The minimum absolute atomic E-state index is 0.144. The first-order valence-electron chi connectivity index (χ1n) is 9.66. The minimum Gasteiger partial charge on any atom is -0.345 e. The molecular weight excluding hydrogens is 384 g/mol. The highest BCUT2D eigenvalue weighted by atomic mass is 16.2. The Morgan fingerprint density at radius 3 is 2.50 bits per heavy atom. The van der Waals surface area contributed by atoms with E-state index < -0.39 is 23.4 Å². The summed E-state index contributed by atoms with van der Waals surface area (Å²) in [5.41, 5.74) is 1.72. The molecule has 1 fully saturated rings. The molecule has 8 nitrogen and oxygen atoms in total. The number of hydrogen-bond donors (Lipinski definition) is 2. The molecular formula is C22H22N4O4. The number of aryl methyl sites for hydroxylation is 1. The fourth-order valence-corrected chi connectivity index (χ4v) is 4.03. The van der Waals surface area contributed by atoms with Gasteiger partial charge in [-0.15, -0.1) is 0 Å². The number of carbonyl (C=O) groups excluding carboxylic acids is 4. The summed E-state index contributed by atoms with van der Waals surface area (Å²) in [7, 11) is 3.32. The zero-order valence-electron chi connectivity index (χ0n) is 16.8. The van der Waals surface area contributed by atoms with Crippen molar-refractivity contribution < 1.29 is 19.2 Å². The van der Waals surface area contributed by atoms with Crippen LogP contribution in [0.1, 0.15) is 27.9 Å². The lowest BCUT2D eigenvalue weighted by atomic mass is 9.92. The second-order valence-electron chi connectivity index (χ2n) is 7.71. The molecule has 154 valence electrons. The smallest absolute Gasteiger partial charge is 0.325 e. The minimum atomic E-state index is -1.08. The van der Waals surface area contributed by atoms with E-state index in [1.165, 1.54) is 4.90 Å². The van der Waals surface area contributed by atoms with Crippen LogP contribution < -0.4 is 10.6 Å². The number of anilines is 1. The second kappa shape index (κ2) is 7.29. The van der Waals surface area contributed by atoms with Crippen molar-refractivity contribution in [3.8, 4) is 0 Å². The lowest BCUT2D eigenvalue weighted by Gasteiger charge is -2.22. The van der Waals surface area contributed by atoms with Crippen LogP contribution >= 0.6 is 0 Å². The molecule has 1 spiro atoms. The van der Waals surface area contributed by atoms with Crippen molar-refractivity contribution >= 4 is 29.4 Å². The van der Waals surface area contributed by atoms with Crippen LogP contribution in [0.4, 0.5) is 10.5 Å². The zero-order valence-corrected chi connectivity index (χ0v) is 16.8. The van der Waals surface area contributed by atoms with E-state index in [-0.39, 0.29) is 12.5 Å². The summed E-state index contributed by atoms with van der Waals surface area (Å²) in [4.78, 5) is 52.4. The molecule has 4 rings (SSSR count). The van der Waals surface area contributed by atoms with Crippen LogP contribution in [0, 0.1) is 0 Å². The number of urea groups is 1. The number of benzene rings is 2. The van der Waals surface area contributed by atoms with E-state index in [9.17, 15) is 19.2 Å². The maximum Gasteiger partial charge on any atom is 0.325 e. The third kappa shape index (κ3) is 3.20. The van der Waals surface area contributed by atoms with Gasteiger partial charge in [0.25, 0.3) is 11.8 Å². The molecule has 1 saturated heterocycles. The van der Waals surface area contributed by atoms with Crippen LogP contribution in [-0.2, 0) is 21.5 Å². The largest absolute Gasteiger partial charge is 0.345 e. The molecule has 2 aliphatic rings. The van der Waals surface area contributed by atoms with E-state index in [0.717, 1.165) is 16.0 Å². The van der Waals surface area contributed by atoms with Gasteiger partial charge in [-0.25, -0.2) is 4.79 Å². The Bertz CT molecular complexity index is 1050. The Kier molecular flexibility index (Phi) is 4.77. The predicted octanol–water partition coefficient (Wildman–Crippen LogP) is 1.72. The fraction of sp³-hybridized carbons (Fsp3) is 0.273. The van der Waals surface area contributed by atoms with Crippen LogP contribution in [0.25, 0.3) is 0 Å². The molecule has 30 heavy (non-hydrogen) atoms. The number of hydrogen-bond acceptors (Lipinski definition) is 4. The normalized spacial score (nSPS) is 19.6. The first-order chi connectivity index (χ1) is 14.3. The predicted molar refractivity (Wildman–Crippen MR) is 110 cm³/mol. The van der Waals surface area contributed by atoms with E-state index in [1.807, 2.05) is 24.3 Å². The van der Waals surface area contributed by atoms with Crippen LogP contribution in [0.15, 0.2) is 48.5 Å². The molecule has 8 heteroatoms. The van der Waals surface area contributed by atoms with Gasteiger partial charge in [-0.3, -0.25) is 19.3 Å². The molecule has 2 aromatic carbocycles. The van der Waals surface area contributed by atoms with Crippen LogP contribution in [-0.4, -0.2) is 54.2 Å². The average Bonchev–Trinajstić information content (AvgIpc) is 3.21. The van der Waals surface area contributed by atoms with Crippen molar-refractivity contribution in [1.82, 2.24) is 15.1 Å². The van der Waals surface area contributed by atoms with E-state index in [1.54, 1.807) is 38.4 Å². The second-order valence-corrected chi connectivity index (χ2v) is 7.71. The number of nitrogens with zero attached hydrogens (tertiary/aromatic N) is 2. The van der Waals surface area contributed by atoms with E-state index in [2.05, 4.69) is 10.6 Å². The molecule has 1 aliphatic carbocycles. The number of nitrogens with one attached hydrogen (secondary N) is 2. The molecule has 0 bridgehead atoms. The standard InChI is InChI=1S/C22H22N4O4/c1-25(2)19(28)15-7-9-16(10-8-15)23-18(27)13-26-20(29)22(24-21(26)30)12-11-14-5-3-4-6-17(14)22/h3-10H,11-13H2,1-2H3,(H,23,27)(H,24,30)/t22-/m1/s1. The first-order valence-corrected chi connectivity index (χ1v) is 9.66. The van der Waals surface area contributed by atoms with Crippen molar-refractivity contribution in [1.29, 1.82) is 0 Å². The van der Waals surface area contributed by atoms with Crippen molar-refractivity contribution in [2.45, 2.75) is 18.4 Å². The lowest BCUT2D eigenvalue weighted by Crippen LogP contribution is -2.43. The summed E-state index contributed by atoms with van der Waals surface area (Å²) in [6.07, 6.45) is 1.18. The van der Waals surface area contributed by atoms with Crippen molar-refractivity contribution in [3.63, 3.8) is 0 Å². The van der Waals surface area contributed by atoms with Gasteiger partial charge in [0.15, 0.2) is 0 Å². The van der Waals surface area contributed by atoms with Crippen molar-refractivity contribution in [2.75, 3.05) is 26.0 Å². The van der Waals surface area contributed by atoms with Crippen LogP contribution in [0.5, 0.6) is 0 Å². The Labute approximate surface area is 173 Å². The molecule has 2 N–H and O–H groups in total. The number of imide groups is 1. The highest BCUT2D eigenvalue weighted by Gasteiger charge is 2.55. The number of amides is 5. The molecule has 2 aromatic rings. The van der Waals surface area contributed by atoms with Gasteiger partial charge in [-0.2, -0.15) is 0 Å². The van der Waals surface area contributed by atoms with E-state index in [0.29, 0.717) is 24.1 Å². The zero-order chi connectivity index (χ0) is 21.5. The molecule has 1 atom stereocenters. The Morgan fingerprint density at radius 2 is 1.80 bits per heavy atom. The number of fused-ring (bicyclic) bond motifs is 2. The van der Waals surface area contributed by atoms with Gasteiger partial charge in [0.2, 0.25) is 5.91 Å². The van der Waals surface area contributed by atoms with Gasteiger partial charge in [-0.05, 0) is 48.2 Å². The first kappa shape index (κ1) is 19.6. The van der Waals surface area contributed by atoms with Gasteiger partial charge < -0.3 is 15.5 Å². The van der Waals surface area contributed by atoms with Crippen LogP contribution in [0.2, 0.25) is 0 Å². The average molecular weight is 406 g/mol. The fourth-order valence-electron chi connectivity index (χ4n) is 4.03. The Balaban J connectivity index is 1.45. The maximum absolute atomic E-state index is 13.1. The van der Waals surface area contributed by atoms with E-state index in [4.69, 9.17) is 0 Å². The molecule has 1 heterocycles. The number of rotatable bonds is 4. The third-order valence-corrected chi connectivity index (χ3v) is 5.55.